The van der Waals surface area contributed by atoms with Crippen LogP contribution in [-0.4, -0.2) is 41.3 Å². The Balaban J connectivity index is 1.31. The van der Waals surface area contributed by atoms with Gasteiger partial charge in [0.2, 0.25) is 0 Å². The van der Waals surface area contributed by atoms with Gasteiger partial charge in [0.05, 0.1) is 18.0 Å². The maximum absolute atomic E-state index is 12.0. The summed E-state index contributed by atoms with van der Waals surface area (Å²) >= 11 is 0. The van der Waals surface area contributed by atoms with Crippen LogP contribution in [0.5, 0.6) is 0 Å². The lowest BCUT2D eigenvalue weighted by atomic mass is 10.0. The third-order valence-electron chi connectivity index (χ3n) is 6.32. The molecule has 3 rings (SSSR count). The quantitative estimate of drug-likeness (QED) is 0.436. The largest absolute Gasteiger partial charge is 0.465 e. The van der Waals surface area contributed by atoms with Crippen LogP contribution >= 0.6 is 0 Å². The summed E-state index contributed by atoms with van der Waals surface area (Å²) in [7, 11) is 1.74. The SMILES string of the molecule is CCn1nnc2c1CCC1C(CC2)C1COC(=O)CCCCCCCOC. The standard InChI is InChI=1S/C21H35N3O3/c1-3-24-20-13-11-17-16(10-12-19(20)22-23-24)18(17)15-27-21(25)9-7-5-4-6-8-14-26-2/h16-18H,3-15H2,1-2H3. The van der Waals surface area contributed by atoms with E-state index in [-0.39, 0.29) is 5.97 Å². The first kappa shape index (κ1) is 20.3. The first-order chi connectivity index (χ1) is 13.2. The molecule has 0 spiro atoms. The molecule has 0 N–H and O–H groups in total. The number of carbonyl (C=O) groups is 1. The molecule has 0 aliphatic heterocycles. The molecular weight excluding hydrogens is 342 g/mol. The third-order valence-corrected chi connectivity index (χ3v) is 6.32. The normalized spacial score (nSPS) is 23.9. The Bertz CT molecular complexity index is 601. The van der Waals surface area contributed by atoms with E-state index in [2.05, 4.69) is 17.2 Å². The van der Waals surface area contributed by atoms with Crippen LogP contribution in [0.4, 0.5) is 0 Å². The molecule has 3 unspecified atom stereocenters. The number of nitrogens with zero attached hydrogens (tertiary/aromatic N) is 3. The molecule has 27 heavy (non-hydrogen) atoms. The van der Waals surface area contributed by atoms with Crippen LogP contribution in [0.25, 0.3) is 0 Å². The van der Waals surface area contributed by atoms with E-state index in [9.17, 15) is 4.79 Å². The molecule has 3 atom stereocenters. The Hall–Kier alpha value is -1.43. The van der Waals surface area contributed by atoms with Crippen molar-refractivity contribution >= 4 is 5.97 Å². The van der Waals surface area contributed by atoms with Crippen LogP contribution < -0.4 is 0 Å². The van der Waals surface area contributed by atoms with Crippen molar-refractivity contribution in [3.8, 4) is 0 Å². The zero-order valence-electron chi connectivity index (χ0n) is 17.0. The highest BCUT2D eigenvalue weighted by molar-refractivity contribution is 5.69. The Morgan fingerprint density at radius 1 is 1.11 bits per heavy atom. The van der Waals surface area contributed by atoms with Crippen LogP contribution in [0, 0.1) is 17.8 Å². The Morgan fingerprint density at radius 3 is 2.63 bits per heavy atom. The predicted octanol–water partition coefficient (Wildman–Crippen LogP) is 3.57. The minimum Gasteiger partial charge on any atom is -0.465 e. The number of ether oxygens (including phenoxy) is 2. The second-order valence-corrected chi connectivity index (χ2v) is 8.06. The molecule has 0 bridgehead atoms. The van der Waals surface area contributed by atoms with Crippen molar-refractivity contribution in [2.24, 2.45) is 17.8 Å². The summed E-state index contributed by atoms with van der Waals surface area (Å²) < 4.78 is 12.7. The van der Waals surface area contributed by atoms with Gasteiger partial charge in [-0.15, -0.1) is 5.10 Å². The summed E-state index contributed by atoms with van der Waals surface area (Å²) in [5.74, 6) is 1.97. The highest BCUT2D eigenvalue weighted by Crippen LogP contribution is 2.52. The van der Waals surface area contributed by atoms with Crippen molar-refractivity contribution in [1.29, 1.82) is 0 Å². The van der Waals surface area contributed by atoms with Gasteiger partial charge in [0, 0.05) is 26.7 Å². The Labute approximate surface area is 163 Å². The van der Waals surface area contributed by atoms with E-state index in [1.807, 2.05) is 4.68 Å². The molecule has 152 valence electrons. The first-order valence-electron chi connectivity index (χ1n) is 10.8. The summed E-state index contributed by atoms with van der Waals surface area (Å²) in [5, 5.41) is 8.63. The molecule has 0 amide bonds. The summed E-state index contributed by atoms with van der Waals surface area (Å²) in [5.41, 5.74) is 2.51. The average Bonchev–Trinajstić information content (AvgIpc) is 3.16. The molecule has 6 nitrogen and oxygen atoms in total. The maximum atomic E-state index is 12.0. The molecule has 1 aromatic rings. The number of unbranched alkanes of at least 4 members (excludes halogenated alkanes) is 4. The van der Waals surface area contributed by atoms with Crippen molar-refractivity contribution in [2.45, 2.75) is 77.7 Å². The van der Waals surface area contributed by atoms with E-state index < -0.39 is 0 Å². The second-order valence-electron chi connectivity index (χ2n) is 8.06. The molecule has 1 aromatic heterocycles. The van der Waals surface area contributed by atoms with Gasteiger partial charge in [-0.05, 0) is 63.2 Å². The van der Waals surface area contributed by atoms with Gasteiger partial charge in [0.1, 0.15) is 0 Å². The fourth-order valence-corrected chi connectivity index (χ4v) is 4.63. The molecule has 1 saturated carbocycles. The number of hydrogen-bond acceptors (Lipinski definition) is 5. The lowest BCUT2D eigenvalue weighted by molar-refractivity contribution is -0.144. The zero-order chi connectivity index (χ0) is 19.1. The molecule has 6 heteroatoms. The van der Waals surface area contributed by atoms with Crippen LogP contribution in [0.2, 0.25) is 0 Å². The molecule has 1 fully saturated rings. The van der Waals surface area contributed by atoms with Crippen LogP contribution in [0.1, 0.15) is 69.7 Å². The summed E-state index contributed by atoms with van der Waals surface area (Å²) in [6, 6.07) is 0. The van der Waals surface area contributed by atoms with Gasteiger partial charge in [-0.25, -0.2) is 4.68 Å². The van der Waals surface area contributed by atoms with E-state index in [0.717, 1.165) is 51.7 Å². The zero-order valence-corrected chi connectivity index (χ0v) is 17.0. The van der Waals surface area contributed by atoms with Crippen LogP contribution in [0.15, 0.2) is 0 Å². The lowest BCUT2D eigenvalue weighted by Gasteiger charge is -2.09. The van der Waals surface area contributed by atoms with Gasteiger partial charge >= 0.3 is 5.97 Å². The van der Waals surface area contributed by atoms with E-state index in [0.29, 0.717) is 30.8 Å². The molecule has 1 heterocycles. The predicted molar refractivity (Wildman–Crippen MR) is 103 cm³/mol. The van der Waals surface area contributed by atoms with Crippen molar-refractivity contribution < 1.29 is 14.3 Å². The Morgan fingerprint density at radius 2 is 1.85 bits per heavy atom. The fraction of sp³-hybridized carbons (Fsp3) is 0.857. The summed E-state index contributed by atoms with van der Waals surface area (Å²) in [4.78, 5) is 12.0. The second kappa shape index (κ2) is 10.2. The van der Waals surface area contributed by atoms with Gasteiger partial charge in [-0.3, -0.25) is 4.79 Å². The van der Waals surface area contributed by atoms with E-state index in [1.54, 1.807) is 7.11 Å². The lowest BCUT2D eigenvalue weighted by Crippen LogP contribution is -2.08. The monoisotopic (exact) mass is 377 g/mol. The maximum Gasteiger partial charge on any atom is 0.305 e. The number of rotatable bonds is 11. The van der Waals surface area contributed by atoms with Crippen molar-refractivity contribution in [3.63, 3.8) is 0 Å². The number of carbonyl (C=O) groups excluding carboxylic acids is 1. The highest BCUT2D eigenvalue weighted by atomic mass is 16.5. The van der Waals surface area contributed by atoms with Gasteiger partial charge < -0.3 is 9.47 Å². The molecule has 0 radical (unpaired) electrons. The molecular formula is C21H35N3O3. The van der Waals surface area contributed by atoms with E-state index in [1.165, 1.54) is 30.7 Å². The molecule has 0 aromatic carbocycles. The molecule has 2 aliphatic rings. The number of aromatic nitrogens is 3. The van der Waals surface area contributed by atoms with Crippen LogP contribution in [-0.2, 0) is 33.7 Å². The number of aryl methyl sites for hydroxylation is 2. The minimum atomic E-state index is -0.0160. The molecule has 2 aliphatic carbocycles. The smallest absolute Gasteiger partial charge is 0.305 e. The number of hydrogen-bond donors (Lipinski definition) is 0. The van der Waals surface area contributed by atoms with Gasteiger partial charge in [-0.2, -0.15) is 0 Å². The minimum absolute atomic E-state index is 0.0160. The van der Waals surface area contributed by atoms with E-state index >= 15 is 0 Å². The van der Waals surface area contributed by atoms with Gasteiger partial charge in [0.15, 0.2) is 0 Å². The van der Waals surface area contributed by atoms with Crippen LogP contribution in [0.3, 0.4) is 0 Å². The average molecular weight is 378 g/mol. The topological polar surface area (TPSA) is 66.2 Å². The summed E-state index contributed by atoms with van der Waals surface area (Å²) in [6.45, 7) is 4.47. The summed E-state index contributed by atoms with van der Waals surface area (Å²) in [6.07, 6.45) is 10.5. The number of methoxy groups -OCH3 is 1. The van der Waals surface area contributed by atoms with Gasteiger partial charge in [-0.1, -0.05) is 24.5 Å². The van der Waals surface area contributed by atoms with E-state index in [4.69, 9.17) is 9.47 Å². The fourth-order valence-electron chi connectivity index (χ4n) is 4.63. The first-order valence-corrected chi connectivity index (χ1v) is 10.8. The van der Waals surface area contributed by atoms with Gasteiger partial charge in [0.25, 0.3) is 0 Å². The van der Waals surface area contributed by atoms with Crippen molar-refractivity contribution in [3.05, 3.63) is 11.4 Å². The van der Waals surface area contributed by atoms with Crippen molar-refractivity contribution in [2.75, 3.05) is 20.3 Å². The number of esters is 1. The van der Waals surface area contributed by atoms with Crippen molar-refractivity contribution in [1.82, 2.24) is 15.0 Å². The highest BCUT2D eigenvalue weighted by Gasteiger charge is 2.50. The molecule has 0 saturated heterocycles. The number of fused-ring (bicyclic) bond motifs is 2. The third kappa shape index (κ3) is 5.53. The Kier molecular flexibility index (Phi) is 7.68.